The van der Waals surface area contributed by atoms with Crippen molar-refractivity contribution in [1.29, 1.82) is 0 Å². The highest BCUT2D eigenvalue weighted by atomic mass is 19.1. The van der Waals surface area contributed by atoms with Crippen LogP contribution in [-0.4, -0.2) is 36.7 Å². The van der Waals surface area contributed by atoms with E-state index in [0.717, 1.165) is 24.8 Å². The molecule has 1 aromatic heterocycles. The molecule has 1 aromatic carbocycles. The van der Waals surface area contributed by atoms with E-state index >= 15 is 0 Å². The molecule has 1 atom stereocenters. The molecule has 0 amide bonds. The normalized spacial score (nSPS) is 16.7. The van der Waals surface area contributed by atoms with E-state index in [0.29, 0.717) is 24.7 Å². The number of pyridine rings is 1. The molecule has 132 valence electrons. The van der Waals surface area contributed by atoms with Crippen LogP contribution in [0.25, 0.3) is 0 Å². The molecule has 0 bridgehead atoms. The molecule has 25 heavy (non-hydrogen) atoms. The van der Waals surface area contributed by atoms with Gasteiger partial charge in [-0.1, -0.05) is 6.07 Å². The van der Waals surface area contributed by atoms with E-state index < -0.39 is 10.7 Å². The van der Waals surface area contributed by atoms with Gasteiger partial charge >= 0.3 is 0 Å². The van der Waals surface area contributed by atoms with Crippen molar-refractivity contribution in [3.05, 3.63) is 52.5 Å². The van der Waals surface area contributed by atoms with Crippen molar-refractivity contribution >= 4 is 17.2 Å². The molecule has 0 spiro atoms. The lowest BCUT2D eigenvalue weighted by molar-refractivity contribution is -0.384. The highest BCUT2D eigenvalue weighted by Gasteiger charge is 2.29. The van der Waals surface area contributed by atoms with Crippen LogP contribution in [0.2, 0.25) is 0 Å². The summed E-state index contributed by atoms with van der Waals surface area (Å²) in [6.07, 6.45) is 2.61. The first-order valence-electron chi connectivity index (χ1n) is 8.00. The van der Waals surface area contributed by atoms with Crippen molar-refractivity contribution in [3.63, 3.8) is 0 Å². The fourth-order valence-electron chi connectivity index (χ4n) is 3.02. The molecule has 1 unspecified atom stereocenters. The lowest BCUT2D eigenvalue weighted by atomic mass is 10.1. The van der Waals surface area contributed by atoms with Crippen molar-refractivity contribution in [2.75, 3.05) is 37.0 Å². The maximum atomic E-state index is 13.8. The topological polar surface area (TPSA) is 80.5 Å². The van der Waals surface area contributed by atoms with E-state index in [1.165, 1.54) is 13.2 Å². The van der Waals surface area contributed by atoms with Gasteiger partial charge < -0.3 is 15.0 Å². The fraction of sp³-hybridized carbons (Fsp3) is 0.353. The Morgan fingerprint density at radius 1 is 1.48 bits per heavy atom. The summed E-state index contributed by atoms with van der Waals surface area (Å²) in [5.74, 6) is 0.397. The SMILES string of the molecule is COc1cc(N2CCC(CNc3ccccn3)C2)c([N+](=O)[O-])cc1F. The highest BCUT2D eigenvalue weighted by molar-refractivity contribution is 5.66. The second kappa shape index (κ2) is 7.33. The van der Waals surface area contributed by atoms with Gasteiger partial charge in [-0.25, -0.2) is 9.37 Å². The molecule has 7 nitrogen and oxygen atoms in total. The van der Waals surface area contributed by atoms with Gasteiger partial charge in [-0.2, -0.15) is 0 Å². The van der Waals surface area contributed by atoms with Crippen molar-refractivity contribution in [2.45, 2.75) is 6.42 Å². The second-order valence-corrected chi connectivity index (χ2v) is 5.93. The summed E-state index contributed by atoms with van der Waals surface area (Å²) in [5.41, 5.74) is 0.153. The molecule has 1 aliphatic rings. The van der Waals surface area contributed by atoms with Crippen LogP contribution in [-0.2, 0) is 0 Å². The Bertz CT molecular complexity index is 757. The van der Waals surface area contributed by atoms with Crippen molar-refractivity contribution in [3.8, 4) is 5.75 Å². The lowest BCUT2D eigenvalue weighted by Crippen LogP contribution is -2.23. The second-order valence-electron chi connectivity index (χ2n) is 5.93. The van der Waals surface area contributed by atoms with Gasteiger partial charge in [0.15, 0.2) is 11.6 Å². The maximum Gasteiger partial charge on any atom is 0.295 e. The monoisotopic (exact) mass is 346 g/mol. The number of anilines is 2. The number of halogens is 1. The summed E-state index contributed by atoms with van der Waals surface area (Å²) in [6.45, 7) is 2.04. The predicted octanol–water partition coefficient (Wildman–Crippen LogP) is 3.08. The molecule has 8 heteroatoms. The van der Waals surface area contributed by atoms with Crippen LogP contribution in [0.5, 0.6) is 5.75 Å². The molecule has 0 saturated carbocycles. The van der Waals surface area contributed by atoms with Crippen LogP contribution < -0.4 is 15.0 Å². The number of methoxy groups -OCH3 is 1. The third-order valence-electron chi connectivity index (χ3n) is 4.31. The number of nitro benzene ring substituents is 1. The quantitative estimate of drug-likeness (QED) is 0.639. The molecular formula is C17H19FN4O3. The summed E-state index contributed by atoms with van der Waals surface area (Å²) >= 11 is 0. The van der Waals surface area contributed by atoms with Gasteiger partial charge in [-0.05, 0) is 24.5 Å². The van der Waals surface area contributed by atoms with Gasteiger partial charge in [0.1, 0.15) is 11.5 Å². The minimum atomic E-state index is -0.731. The standard InChI is InChI=1S/C17H19FN4O3/c1-25-16-9-14(15(22(23)24)8-13(16)18)21-7-5-12(11-21)10-20-17-4-2-3-6-19-17/h2-4,6,8-9,12H,5,7,10-11H2,1H3,(H,19,20). The van der Waals surface area contributed by atoms with E-state index in [4.69, 9.17) is 4.74 Å². The number of benzene rings is 1. The van der Waals surface area contributed by atoms with Crippen LogP contribution in [0.4, 0.5) is 21.6 Å². The Morgan fingerprint density at radius 2 is 2.32 bits per heavy atom. The average molecular weight is 346 g/mol. The number of hydrogen-bond donors (Lipinski definition) is 1. The maximum absolute atomic E-state index is 13.8. The van der Waals surface area contributed by atoms with Crippen molar-refractivity contribution < 1.29 is 14.1 Å². The van der Waals surface area contributed by atoms with Gasteiger partial charge in [-0.15, -0.1) is 0 Å². The highest BCUT2D eigenvalue weighted by Crippen LogP contribution is 2.37. The molecule has 2 heterocycles. The Morgan fingerprint density at radius 3 is 3.00 bits per heavy atom. The molecule has 0 radical (unpaired) electrons. The predicted molar refractivity (Wildman–Crippen MR) is 92.7 cm³/mol. The molecular weight excluding hydrogens is 327 g/mol. The number of nitro groups is 1. The molecule has 1 saturated heterocycles. The zero-order valence-corrected chi connectivity index (χ0v) is 13.8. The largest absolute Gasteiger partial charge is 0.494 e. The zero-order valence-electron chi connectivity index (χ0n) is 13.8. The number of rotatable bonds is 6. The summed E-state index contributed by atoms with van der Waals surface area (Å²) in [6, 6.07) is 7.98. The van der Waals surface area contributed by atoms with E-state index in [1.807, 2.05) is 23.1 Å². The van der Waals surface area contributed by atoms with E-state index in [2.05, 4.69) is 10.3 Å². The third-order valence-corrected chi connectivity index (χ3v) is 4.31. The minimum absolute atomic E-state index is 0.00987. The van der Waals surface area contributed by atoms with E-state index in [-0.39, 0.29) is 11.4 Å². The van der Waals surface area contributed by atoms with Crippen LogP contribution in [0, 0.1) is 21.8 Å². The first-order valence-corrected chi connectivity index (χ1v) is 8.00. The summed E-state index contributed by atoms with van der Waals surface area (Å²) in [5, 5.41) is 14.5. The molecule has 1 aliphatic heterocycles. The Kier molecular flexibility index (Phi) is 4.97. The Hall–Kier alpha value is -2.90. The fourth-order valence-corrected chi connectivity index (χ4v) is 3.02. The van der Waals surface area contributed by atoms with Crippen molar-refractivity contribution in [1.82, 2.24) is 4.98 Å². The average Bonchev–Trinajstić information content (AvgIpc) is 3.09. The number of nitrogens with zero attached hydrogens (tertiary/aromatic N) is 3. The third kappa shape index (κ3) is 3.78. The van der Waals surface area contributed by atoms with Gasteiger partial charge in [-0.3, -0.25) is 10.1 Å². The van der Waals surface area contributed by atoms with E-state index in [9.17, 15) is 14.5 Å². The summed E-state index contributed by atoms with van der Waals surface area (Å²) in [4.78, 5) is 16.8. The molecule has 0 aliphatic carbocycles. The number of ether oxygens (including phenoxy) is 1. The molecule has 1 fully saturated rings. The van der Waals surface area contributed by atoms with Crippen molar-refractivity contribution in [2.24, 2.45) is 5.92 Å². The van der Waals surface area contributed by atoms with E-state index in [1.54, 1.807) is 6.20 Å². The molecule has 2 aromatic rings. The number of hydrogen-bond acceptors (Lipinski definition) is 6. The van der Waals surface area contributed by atoms with Crippen LogP contribution in [0.3, 0.4) is 0 Å². The van der Waals surface area contributed by atoms with Gasteiger partial charge in [0, 0.05) is 31.9 Å². The minimum Gasteiger partial charge on any atom is -0.494 e. The first kappa shape index (κ1) is 16.9. The van der Waals surface area contributed by atoms with Gasteiger partial charge in [0.25, 0.3) is 5.69 Å². The van der Waals surface area contributed by atoms with Crippen LogP contribution >= 0.6 is 0 Å². The number of aromatic nitrogens is 1. The smallest absolute Gasteiger partial charge is 0.295 e. The Labute approximate surface area is 144 Å². The van der Waals surface area contributed by atoms with Crippen LogP contribution in [0.1, 0.15) is 6.42 Å². The Balaban J connectivity index is 1.72. The summed E-state index contributed by atoms with van der Waals surface area (Å²) in [7, 11) is 1.34. The molecule has 1 N–H and O–H groups in total. The summed E-state index contributed by atoms with van der Waals surface area (Å²) < 4.78 is 18.8. The van der Waals surface area contributed by atoms with Gasteiger partial charge in [0.2, 0.25) is 0 Å². The number of nitrogens with one attached hydrogen (secondary N) is 1. The first-order chi connectivity index (χ1) is 12.1. The van der Waals surface area contributed by atoms with Crippen LogP contribution in [0.15, 0.2) is 36.5 Å². The zero-order chi connectivity index (χ0) is 17.8. The lowest BCUT2D eigenvalue weighted by Gasteiger charge is -2.20. The molecule has 3 rings (SSSR count). The van der Waals surface area contributed by atoms with Gasteiger partial charge in [0.05, 0.1) is 18.1 Å².